The van der Waals surface area contributed by atoms with Crippen molar-refractivity contribution in [3.05, 3.63) is 70.7 Å². The summed E-state index contributed by atoms with van der Waals surface area (Å²) in [7, 11) is 6.64. The van der Waals surface area contributed by atoms with Crippen molar-refractivity contribution < 1.29 is 23.7 Å². The summed E-state index contributed by atoms with van der Waals surface area (Å²) < 4.78 is 23.3. The number of benzene rings is 3. The lowest BCUT2D eigenvalue weighted by molar-refractivity contribution is -0.605. The molecule has 0 saturated heterocycles. The first-order chi connectivity index (χ1) is 16.6. The molecular weight excluding hydrogens is 432 g/mol. The van der Waals surface area contributed by atoms with E-state index in [0.717, 1.165) is 58.3 Å². The fraction of sp³-hybridized carbons (Fsp3) is 0.296. The summed E-state index contributed by atoms with van der Waals surface area (Å²) in [4.78, 5) is 2.41. The molecule has 1 aliphatic heterocycles. The van der Waals surface area contributed by atoms with Crippen molar-refractivity contribution in [3.63, 3.8) is 0 Å². The molecule has 5 rings (SSSR count). The van der Waals surface area contributed by atoms with E-state index in [-0.39, 0.29) is 0 Å². The predicted octanol–water partition coefficient (Wildman–Crippen LogP) is 4.22. The molecule has 7 heteroatoms. The molecule has 4 aromatic rings. The highest BCUT2D eigenvalue weighted by Crippen LogP contribution is 2.44. The second-order valence-electron chi connectivity index (χ2n) is 8.49. The first kappa shape index (κ1) is 22.1. The van der Waals surface area contributed by atoms with E-state index in [1.165, 1.54) is 16.5 Å². The summed E-state index contributed by atoms with van der Waals surface area (Å²) in [6.45, 7) is 2.48. The molecule has 0 saturated carbocycles. The molecule has 0 N–H and O–H groups in total. The molecule has 0 unspecified atom stereocenters. The van der Waals surface area contributed by atoms with Crippen molar-refractivity contribution in [3.8, 4) is 23.0 Å². The van der Waals surface area contributed by atoms with Crippen LogP contribution in [0.5, 0.6) is 23.0 Å². The normalized spacial score (nSPS) is 13.6. The SMILES string of the molecule is COc1cc2c3c(c4cc(OC)c(OC)cc4c2cc1OC)CN(Cc1cc[n+]([O-])cc1)CC3. The monoisotopic (exact) mass is 460 g/mol. The molecule has 0 radical (unpaired) electrons. The average Bonchev–Trinajstić information content (AvgIpc) is 2.88. The molecule has 0 bridgehead atoms. The second-order valence-corrected chi connectivity index (χ2v) is 8.49. The lowest BCUT2D eigenvalue weighted by Gasteiger charge is -2.31. The topological polar surface area (TPSA) is 67.1 Å². The molecule has 0 spiro atoms. The van der Waals surface area contributed by atoms with Gasteiger partial charge in [0.25, 0.3) is 0 Å². The predicted molar refractivity (Wildman–Crippen MR) is 131 cm³/mol. The van der Waals surface area contributed by atoms with Crippen LogP contribution in [0.1, 0.15) is 16.7 Å². The Morgan fingerprint density at radius 3 is 1.71 bits per heavy atom. The Kier molecular flexibility index (Phi) is 5.79. The van der Waals surface area contributed by atoms with Crippen LogP contribution in [0.4, 0.5) is 0 Å². The second kappa shape index (κ2) is 8.91. The standard InChI is InChI=1S/C27H28N2O5/c1-31-24-11-19-18-7-8-28(15-17-5-9-29(30)10-6-17)16-23(18)22-14-27(34-4)26(33-3)13-21(22)20(19)12-25(24)32-2/h5-6,9-14H,7-8,15-16H2,1-4H3. The molecule has 176 valence electrons. The van der Waals surface area contributed by atoms with Crippen LogP contribution in [-0.2, 0) is 19.5 Å². The van der Waals surface area contributed by atoms with Crippen LogP contribution in [0.3, 0.4) is 0 Å². The van der Waals surface area contributed by atoms with Crippen LogP contribution in [0.25, 0.3) is 21.5 Å². The third-order valence-corrected chi connectivity index (χ3v) is 6.69. The van der Waals surface area contributed by atoms with E-state index in [0.29, 0.717) is 17.2 Å². The van der Waals surface area contributed by atoms with Gasteiger partial charge in [-0.3, -0.25) is 4.90 Å². The Labute approximate surface area is 198 Å². The highest BCUT2D eigenvalue weighted by Gasteiger charge is 2.24. The number of ether oxygens (including phenoxy) is 4. The maximum atomic E-state index is 11.4. The molecule has 1 aliphatic rings. The number of hydrogen-bond donors (Lipinski definition) is 0. The quantitative estimate of drug-likeness (QED) is 0.244. The molecule has 0 amide bonds. The van der Waals surface area contributed by atoms with E-state index in [1.807, 2.05) is 18.2 Å². The largest absolute Gasteiger partial charge is 0.619 e. The fourth-order valence-electron chi connectivity index (χ4n) is 5.01. The Morgan fingerprint density at radius 2 is 1.21 bits per heavy atom. The zero-order chi connectivity index (χ0) is 23.8. The van der Waals surface area contributed by atoms with Gasteiger partial charge in [0, 0.05) is 31.8 Å². The molecule has 0 fully saturated rings. The van der Waals surface area contributed by atoms with E-state index in [4.69, 9.17) is 18.9 Å². The Morgan fingerprint density at radius 1 is 0.735 bits per heavy atom. The summed E-state index contributed by atoms with van der Waals surface area (Å²) in [6, 6.07) is 12.0. The van der Waals surface area contributed by atoms with Gasteiger partial charge in [-0.1, -0.05) is 0 Å². The third kappa shape index (κ3) is 3.72. The van der Waals surface area contributed by atoms with Crippen LogP contribution in [-0.4, -0.2) is 39.9 Å². The lowest BCUT2D eigenvalue weighted by atomic mass is 9.87. The maximum Gasteiger partial charge on any atom is 0.180 e. The average molecular weight is 461 g/mol. The number of rotatable bonds is 6. The van der Waals surface area contributed by atoms with Crippen molar-refractivity contribution in [2.45, 2.75) is 19.5 Å². The van der Waals surface area contributed by atoms with Crippen LogP contribution in [0, 0.1) is 5.21 Å². The van der Waals surface area contributed by atoms with Crippen molar-refractivity contribution in [2.75, 3.05) is 35.0 Å². The molecule has 34 heavy (non-hydrogen) atoms. The van der Waals surface area contributed by atoms with Crippen molar-refractivity contribution in [1.82, 2.24) is 4.90 Å². The number of nitrogens with zero attached hydrogens (tertiary/aromatic N) is 2. The van der Waals surface area contributed by atoms with Crippen molar-refractivity contribution in [1.29, 1.82) is 0 Å². The number of methoxy groups -OCH3 is 4. The first-order valence-electron chi connectivity index (χ1n) is 11.2. The summed E-state index contributed by atoms with van der Waals surface area (Å²) in [6.07, 6.45) is 4.00. The van der Waals surface area contributed by atoms with Crippen LogP contribution in [0.2, 0.25) is 0 Å². The van der Waals surface area contributed by atoms with Crippen molar-refractivity contribution >= 4 is 21.5 Å². The molecule has 3 aromatic carbocycles. The third-order valence-electron chi connectivity index (χ3n) is 6.69. The van der Waals surface area contributed by atoms with Gasteiger partial charge in [0.15, 0.2) is 35.4 Å². The van der Waals surface area contributed by atoms with Gasteiger partial charge in [-0.2, -0.15) is 4.73 Å². The molecule has 1 aromatic heterocycles. The van der Waals surface area contributed by atoms with E-state index in [1.54, 1.807) is 40.8 Å². The summed E-state index contributed by atoms with van der Waals surface area (Å²) >= 11 is 0. The Bertz CT molecular complexity index is 1370. The number of fused-ring (bicyclic) bond motifs is 6. The minimum Gasteiger partial charge on any atom is -0.619 e. The lowest BCUT2D eigenvalue weighted by Crippen LogP contribution is -2.31. The first-order valence-corrected chi connectivity index (χ1v) is 11.2. The summed E-state index contributed by atoms with van der Waals surface area (Å²) in [5.74, 6) is 2.81. The van der Waals surface area contributed by atoms with E-state index in [9.17, 15) is 5.21 Å². The number of pyridine rings is 1. The van der Waals surface area contributed by atoms with E-state index >= 15 is 0 Å². The molecule has 7 nitrogen and oxygen atoms in total. The van der Waals surface area contributed by atoms with Gasteiger partial charge in [-0.25, -0.2) is 0 Å². The van der Waals surface area contributed by atoms with Gasteiger partial charge in [-0.05, 0) is 68.9 Å². The smallest absolute Gasteiger partial charge is 0.180 e. The molecule has 0 aliphatic carbocycles. The minimum atomic E-state index is 0.689. The highest BCUT2D eigenvalue weighted by atomic mass is 16.5. The summed E-state index contributed by atoms with van der Waals surface area (Å²) in [5, 5.41) is 15.9. The highest BCUT2D eigenvalue weighted by molar-refractivity contribution is 6.12. The van der Waals surface area contributed by atoms with Gasteiger partial charge < -0.3 is 24.2 Å². The van der Waals surface area contributed by atoms with Crippen LogP contribution < -0.4 is 23.7 Å². The van der Waals surface area contributed by atoms with E-state index in [2.05, 4.69) is 23.1 Å². The molecule has 2 heterocycles. The van der Waals surface area contributed by atoms with Crippen molar-refractivity contribution in [2.24, 2.45) is 0 Å². The zero-order valence-electron chi connectivity index (χ0n) is 19.9. The maximum absolute atomic E-state index is 11.4. The fourth-order valence-corrected chi connectivity index (χ4v) is 5.01. The van der Waals surface area contributed by atoms with E-state index < -0.39 is 0 Å². The Balaban J connectivity index is 1.71. The van der Waals surface area contributed by atoms with Gasteiger partial charge in [0.1, 0.15) is 0 Å². The summed E-state index contributed by atoms with van der Waals surface area (Å²) in [5.41, 5.74) is 3.71. The van der Waals surface area contributed by atoms with Gasteiger partial charge >= 0.3 is 0 Å². The van der Waals surface area contributed by atoms with Gasteiger partial charge in [0.05, 0.1) is 28.4 Å². The van der Waals surface area contributed by atoms with Crippen LogP contribution in [0.15, 0.2) is 48.8 Å². The zero-order valence-corrected chi connectivity index (χ0v) is 19.9. The van der Waals surface area contributed by atoms with Gasteiger partial charge in [-0.15, -0.1) is 0 Å². The molecule has 0 atom stereocenters. The number of aromatic nitrogens is 1. The van der Waals surface area contributed by atoms with Gasteiger partial charge in [0.2, 0.25) is 0 Å². The number of hydrogen-bond acceptors (Lipinski definition) is 6. The molecular formula is C27H28N2O5. The Hall–Kier alpha value is -3.71. The van der Waals surface area contributed by atoms with Crippen LogP contribution >= 0.6 is 0 Å². The minimum absolute atomic E-state index is 0.689.